The summed E-state index contributed by atoms with van der Waals surface area (Å²) < 4.78 is 0. The lowest BCUT2D eigenvalue weighted by atomic mass is 10.2. The second-order valence-corrected chi connectivity index (χ2v) is 4.77. The van der Waals surface area contributed by atoms with E-state index < -0.39 is 6.10 Å². The Morgan fingerprint density at radius 1 is 1.24 bits per heavy atom. The minimum Gasteiger partial charge on any atom is -0.387 e. The molecule has 1 fully saturated rings. The lowest BCUT2D eigenvalue weighted by molar-refractivity contribution is 0.169. The number of rotatable bonds is 3. The molecular weight excluding hydrogens is 212 g/mol. The predicted octanol–water partition coefficient (Wildman–Crippen LogP) is 2.91. The van der Waals surface area contributed by atoms with E-state index in [-0.39, 0.29) is 0 Å². The Balaban J connectivity index is 2.05. The summed E-state index contributed by atoms with van der Waals surface area (Å²) in [5, 5.41) is 9.70. The van der Waals surface area contributed by atoms with Crippen LogP contribution in [0.2, 0.25) is 0 Å². The van der Waals surface area contributed by atoms with E-state index in [9.17, 15) is 5.11 Å². The normalized spacial score (nSPS) is 18.8. The molecule has 2 heterocycles. The van der Waals surface area contributed by atoms with Crippen molar-refractivity contribution in [3.63, 3.8) is 0 Å². The number of aliphatic hydroxyl groups excluding tert-OH is 1. The molecule has 0 aromatic carbocycles. The van der Waals surface area contributed by atoms with E-state index in [2.05, 4.69) is 16.0 Å². The number of hydrogen-bond acceptors (Lipinski definition) is 3. The van der Waals surface area contributed by atoms with Crippen molar-refractivity contribution in [1.29, 1.82) is 0 Å². The molecule has 1 aliphatic heterocycles. The van der Waals surface area contributed by atoms with E-state index >= 15 is 0 Å². The fourth-order valence-corrected chi connectivity index (χ4v) is 2.32. The lowest BCUT2D eigenvalue weighted by Gasteiger charge is -2.22. The van der Waals surface area contributed by atoms with Crippen molar-refractivity contribution in [2.45, 2.75) is 45.1 Å². The number of pyridine rings is 1. The molecule has 0 radical (unpaired) electrons. The average molecular weight is 234 g/mol. The third-order valence-corrected chi connectivity index (χ3v) is 3.47. The van der Waals surface area contributed by atoms with Crippen LogP contribution in [0.5, 0.6) is 0 Å². The molecule has 3 heteroatoms. The van der Waals surface area contributed by atoms with Gasteiger partial charge in [0.1, 0.15) is 0 Å². The zero-order valence-electron chi connectivity index (χ0n) is 10.6. The van der Waals surface area contributed by atoms with Crippen LogP contribution in [0.25, 0.3) is 0 Å². The second-order valence-electron chi connectivity index (χ2n) is 4.77. The molecule has 1 aromatic rings. The second kappa shape index (κ2) is 6.01. The minimum absolute atomic E-state index is 0.423. The first-order valence-electron chi connectivity index (χ1n) is 6.70. The molecule has 17 heavy (non-hydrogen) atoms. The molecular formula is C14H22N2O. The summed E-state index contributed by atoms with van der Waals surface area (Å²) >= 11 is 0. The van der Waals surface area contributed by atoms with Crippen molar-refractivity contribution in [2.75, 3.05) is 18.0 Å². The summed E-state index contributed by atoms with van der Waals surface area (Å²) in [7, 11) is 0. The fourth-order valence-electron chi connectivity index (χ4n) is 2.32. The summed E-state index contributed by atoms with van der Waals surface area (Å²) in [4.78, 5) is 6.77. The van der Waals surface area contributed by atoms with Gasteiger partial charge in [0.15, 0.2) is 0 Å². The number of aromatic nitrogens is 1. The Bertz CT molecular complexity index is 329. The molecule has 2 rings (SSSR count). The quantitative estimate of drug-likeness (QED) is 0.873. The monoisotopic (exact) mass is 234 g/mol. The van der Waals surface area contributed by atoms with Crippen molar-refractivity contribution >= 4 is 5.69 Å². The van der Waals surface area contributed by atoms with Gasteiger partial charge in [0.05, 0.1) is 23.7 Å². The molecule has 1 saturated heterocycles. The third kappa shape index (κ3) is 3.19. The maximum atomic E-state index is 9.70. The minimum atomic E-state index is -0.423. The first kappa shape index (κ1) is 12.4. The molecule has 1 atom stereocenters. The van der Waals surface area contributed by atoms with Crippen LogP contribution >= 0.6 is 0 Å². The SMILES string of the molecule is CCC(O)c1ccc(N2CCCCCC2)cn1. The molecule has 0 spiro atoms. The van der Waals surface area contributed by atoms with Gasteiger partial charge in [0, 0.05) is 13.1 Å². The van der Waals surface area contributed by atoms with Gasteiger partial charge in [-0.15, -0.1) is 0 Å². The van der Waals surface area contributed by atoms with Gasteiger partial charge in [-0.1, -0.05) is 19.8 Å². The summed E-state index contributed by atoms with van der Waals surface area (Å²) in [6.07, 6.45) is 7.44. The largest absolute Gasteiger partial charge is 0.387 e. The van der Waals surface area contributed by atoms with Crippen molar-refractivity contribution < 1.29 is 5.11 Å². The molecule has 3 nitrogen and oxygen atoms in total. The van der Waals surface area contributed by atoms with Crippen LogP contribution in [0.4, 0.5) is 5.69 Å². The van der Waals surface area contributed by atoms with Crippen molar-refractivity contribution in [3.8, 4) is 0 Å². The predicted molar refractivity (Wildman–Crippen MR) is 70.2 cm³/mol. The highest BCUT2D eigenvalue weighted by atomic mass is 16.3. The Labute approximate surface area is 103 Å². The summed E-state index contributed by atoms with van der Waals surface area (Å²) in [6.45, 7) is 4.24. The summed E-state index contributed by atoms with van der Waals surface area (Å²) in [6, 6.07) is 4.04. The Hall–Kier alpha value is -1.09. The zero-order chi connectivity index (χ0) is 12.1. The standard InChI is InChI=1S/C14H22N2O/c1-2-14(17)13-8-7-12(11-15-13)16-9-5-3-4-6-10-16/h7-8,11,14,17H,2-6,9-10H2,1H3. The van der Waals surface area contributed by atoms with Crippen LogP contribution in [-0.2, 0) is 0 Å². The Morgan fingerprint density at radius 2 is 1.94 bits per heavy atom. The number of aliphatic hydroxyl groups is 1. The van der Waals surface area contributed by atoms with E-state index in [4.69, 9.17) is 0 Å². The molecule has 1 N–H and O–H groups in total. The molecule has 1 aromatic heterocycles. The topological polar surface area (TPSA) is 36.4 Å². The highest BCUT2D eigenvalue weighted by Gasteiger charge is 2.11. The van der Waals surface area contributed by atoms with E-state index in [1.807, 2.05) is 19.2 Å². The molecule has 0 amide bonds. The molecule has 0 bridgehead atoms. The van der Waals surface area contributed by atoms with Crippen LogP contribution in [0.3, 0.4) is 0 Å². The molecule has 1 aliphatic rings. The fraction of sp³-hybridized carbons (Fsp3) is 0.643. The zero-order valence-corrected chi connectivity index (χ0v) is 10.6. The number of anilines is 1. The highest BCUT2D eigenvalue weighted by Crippen LogP contribution is 2.21. The van der Waals surface area contributed by atoms with Crippen molar-refractivity contribution in [1.82, 2.24) is 4.98 Å². The first-order valence-corrected chi connectivity index (χ1v) is 6.70. The van der Waals surface area contributed by atoms with E-state index in [1.165, 1.54) is 31.4 Å². The van der Waals surface area contributed by atoms with Crippen molar-refractivity contribution in [2.24, 2.45) is 0 Å². The van der Waals surface area contributed by atoms with Gasteiger partial charge in [-0.05, 0) is 31.4 Å². The maximum absolute atomic E-state index is 9.70. The highest BCUT2D eigenvalue weighted by molar-refractivity contribution is 5.44. The van der Waals surface area contributed by atoms with Gasteiger partial charge in [0.25, 0.3) is 0 Å². The van der Waals surface area contributed by atoms with Gasteiger partial charge in [0.2, 0.25) is 0 Å². The van der Waals surface area contributed by atoms with Crippen LogP contribution in [0.1, 0.15) is 50.8 Å². The van der Waals surface area contributed by atoms with Gasteiger partial charge in [-0.2, -0.15) is 0 Å². The Morgan fingerprint density at radius 3 is 2.47 bits per heavy atom. The summed E-state index contributed by atoms with van der Waals surface area (Å²) in [5.74, 6) is 0. The third-order valence-electron chi connectivity index (χ3n) is 3.47. The smallest absolute Gasteiger partial charge is 0.0957 e. The van der Waals surface area contributed by atoms with Crippen LogP contribution in [0, 0.1) is 0 Å². The average Bonchev–Trinajstić information content (AvgIpc) is 2.67. The van der Waals surface area contributed by atoms with E-state index in [0.29, 0.717) is 0 Å². The Kier molecular flexibility index (Phi) is 4.37. The van der Waals surface area contributed by atoms with Crippen LogP contribution in [0.15, 0.2) is 18.3 Å². The van der Waals surface area contributed by atoms with Crippen LogP contribution in [-0.4, -0.2) is 23.2 Å². The maximum Gasteiger partial charge on any atom is 0.0957 e. The molecule has 1 unspecified atom stereocenters. The summed E-state index contributed by atoms with van der Waals surface area (Å²) in [5.41, 5.74) is 1.98. The molecule has 0 saturated carbocycles. The van der Waals surface area contributed by atoms with Gasteiger partial charge < -0.3 is 10.0 Å². The molecule has 0 aliphatic carbocycles. The molecule has 94 valence electrons. The van der Waals surface area contributed by atoms with E-state index in [0.717, 1.165) is 25.2 Å². The number of hydrogen-bond donors (Lipinski definition) is 1. The van der Waals surface area contributed by atoms with Gasteiger partial charge in [-0.25, -0.2) is 0 Å². The lowest BCUT2D eigenvalue weighted by Crippen LogP contribution is -2.24. The van der Waals surface area contributed by atoms with Crippen molar-refractivity contribution in [3.05, 3.63) is 24.0 Å². The first-order chi connectivity index (χ1) is 8.31. The number of nitrogens with zero attached hydrogens (tertiary/aromatic N) is 2. The van der Waals surface area contributed by atoms with E-state index in [1.54, 1.807) is 0 Å². The van der Waals surface area contributed by atoms with Gasteiger partial charge >= 0.3 is 0 Å². The van der Waals surface area contributed by atoms with Crippen LogP contribution < -0.4 is 4.90 Å². The van der Waals surface area contributed by atoms with Gasteiger partial charge in [-0.3, -0.25) is 4.98 Å².